The summed E-state index contributed by atoms with van der Waals surface area (Å²) in [5.74, 6) is 0.0741. The first kappa shape index (κ1) is 15.3. The average molecular weight is 280 g/mol. The van der Waals surface area contributed by atoms with Gasteiger partial charge in [0.15, 0.2) is 0 Å². The van der Waals surface area contributed by atoms with Crippen LogP contribution in [0.2, 0.25) is 0 Å². The van der Waals surface area contributed by atoms with Gasteiger partial charge in [-0.2, -0.15) is 0 Å². The molecule has 4 heteroatoms. The molecule has 20 heavy (non-hydrogen) atoms. The molecule has 1 unspecified atom stereocenters. The fourth-order valence-electron chi connectivity index (χ4n) is 3.78. The zero-order valence-electron chi connectivity index (χ0n) is 13.3. The van der Waals surface area contributed by atoms with Crippen LogP contribution in [0.3, 0.4) is 0 Å². The molecule has 2 fully saturated rings. The maximum atomic E-state index is 12.7. The van der Waals surface area contributed by atoms with Gasteiger partial charge in [-0.05, 0) is 44.9 Å². The van der Waals surface area contributed by atoms with Crippen LogP contribution in [0.25, 0.3) is 0 Å². The molecule has 0 aromatic rings. The molecule has 1 saturated carbocycles. The average Bonchev–Trinajstić information content (AvgIpc) is 2.85. The van der Waals surface area contributed by atoms with Crippen LogP contribution in [-0.2, 0) is 9.59 Å². The van der Waals surface area contributed by atoms with Crippen LogP contribution in [0.1, 0.15) is 66.2 Å². The maximum absolute atomic E-state index is 12.7. The van der Waals surface area contributed by atoms with E-state index in [0.29, 0.717) is 6.42 Å². The molecule has 0 spiro atoms. The molecule has 0 radical (unpaired) electrons. The molecule has 0 aromatic heterocycles. The summed E-state index contributed by atoms with van der Waals surface area (Å²) >= 11 is 0. The van der Waals surface area contributed by atoms with Crippen molar-refractivity contribution in [1.82, 2.24) is 10.2 Å². The van der Waals surface area contributed by atoms with Crippen LogP contribution in [0.5, 0.6) is 0 Å². The summed E-state index contributed by atoms with van der Waals surface area (Å²) < 4.78 is 0. The number of piperazine rings is 1. The summed E-state index contributed by atoms with van der Waals surface area (Å²) in [5, 5.41) is 2.86. The van der Waals surface area contributed by atoms with E-state index in [9.17, 15) is 9.59 Å². The van der Waals surface area contributed by atoms with Crippen molar-refractivity contribution in [2.45, 2.75) is 77.8 Å². The minimum Gasteiger partial charge on any atom is -0.340 e. The van der Waals surface area contributed by atoms with Gasteiger partial charge < -0.3 is 10.2 Å². The van der Waals surface area contributed by atoms with E-state index in [4.69, 9.17) is 0 Å². The van der Waals surface area contributed by atoms with Crippen LogP contribution in [0, 0.1) is 5.41 Å². The topological polar surface area (TPSA) is 49.4 Å². The molecular formula is C16H28N2O2. The van der Waals surface area contributed by atoms with Crippen molar-refractivity contribution < 1.29 is 9.59 Å². The van der Waals surface area contributed by atoms with Gasteiger partial charge >= 0.3 is 0 Å². The Balaban J connectivity index is 2.25. The molecule has 1 saturated heterocycles. The predicted octanol–water partition coefficient (Wildman–Crippen LogP) is 2.47. The highest BCUT2D eigenvalue weighted by Gasteiger charge is 2.47. The van der Waals surface area contributed by atoms with Crippen molar-refractivity contribution in [3.8, 4) is 0 Å². The summed E-state index contributed by atoms with van der Waals surface area (Å²) in [6.07, 6.45) is 6.66. The Bertz CT molecular complexity index is 397. The summed E-state index contributed by atoms with van der Waals surface area (Å²) in [7, 11) is 0. The zero-order chi connectivity index (χ0) is 15.0. The Morgan fingerprint density at radius 3 is 2.30 bits per heavy atom. The monoisotopic (exact) mass is 280 g/mol. The standard InChI is InChI=1S/C16H28N2O2/c1-5-12-13(19)17-15(3,4)14(20)18(12)11-16(6-2)9-7-8-10-16/h12H,5-11H2,1-4H3,(H,17,19). The largest absolute Gasteiger partial charge is 0.340 e. The molecule has 1 atom stereocenters. The minimum absolute atomic E-state index is 0.00125. The third-order valence-electron chi connectivity index (χ3n) is 5.22. The number of nitrogens with zero attached hydrogens (tertiary/aromatic N) is 1. The first-order chi connectivity index (χ1) is 9.35. The molecule has 1 aliphatic carbocycles. The van der Waals surface area contributed by atoms with E-state index in [1.807, 2.05) is 11.8 Å². The Kier molecular flexibility index (Phi) is 4.12. The highest BCUT2D eigenvalue weighted by atomic mass is 16.2. The Labute approximate surface area is 122 Å². The van der Waals surface area contributed by atoms with Crippen molar-refractivity contribution in [2.75, 3.05) is 6.54 Å². The van der Waals surface area contributed by atoms with Crippen molar-refractivity contribution in [3.05, 3.63) is 0 Å². The highest BCUT2D eigenvalue weighted by molar-refractivity contribution is 5.99. The first-order valence-electron chi connectivity index (χ1n) is 7.98. The van der Waals surface area contributed by atoms with Crippen LogP contribution in [0.15, 0.2) is 0 Å². The predicted molar refractivity (Wildman–Crippen MR) is 79.2 cm³/mol. The summed E-state index contributed by atoms with van der Waals surface area (Å²) in [6, 6.07) is -0.292. The fourth-order valence-corrected chi connectivity index (χ4v) is 3.78. The molecule has 2 aliphatic rings. The molecule has 2 rings (SSSR count). The van der Waals surface area contributed by atoms with Crippen LogP contribution >= 0.6 is 0 Å². The molecule has 114 valence electrons. The van der Waals surface area contributed by atoms with Crippen molar-refractivity contribution in [2.24, 2.45) is 5.41 Å². The van der Waals surface area contributed by atoms with Crippen LogP contribution < -0.4 is 5.32 Å². The lowest BCUT2D eigenvalue weighted by molar-refractivity contribution is -0.155. The van der Waals surface area contributed by atoms with E-state index >= 15 is 0 Å². The van der Waals surface area contributed by atoms with Gasteiger partial charge in [-0.1, -0.05) is 26.7 Å². The Hall–Kier alpha value is -1.06. The SMILES string of the molecule is CCC1C(=O)NC(C)(C)C(=O)N1CC1(CC)CCCC1. The quantitative estimate of drug-likeness (QED) is 0.860. The van der Waals surface area contributed by atoms with Crippen molar-refractivity contribution in [3.63, 3.8) is 0 Å². The van der Waals surface area contributed by atoms with Crippen molar-refractivity contribution in [1.29, 1.82) is 0 Å². The smallest absolute Gasteiger partial charge is 0.248 e. The van der Waals surface area contributed by atoms with Gasteiger partial charge in [-0.3, -0.25) is 9.59 Å². The molecule has 1 heterocycles. The van der Waals surface area contributed by atoms with Gasteiger partial charge in [0.1, 0.15) is 11.6 Å². The van der Waals surface area contributed by atoms with E-state index in [1.54, 1.807) is 13.8 Å². The van der Waals surface area contributed by atoms with Gasteiger partial charge in [0, 0.05) is 6.54 Å². The number of hydrogen-bond donors (Lipinski definition) is 1. The normalized spacial score (nSPS) is 28.6. The molecule has 2 amide bonds. The van der Waals surface area contributed by atoms with E-state index in [2.05, 4.69) is 12.2 Å². The molecule has 1 aliphatic heterocycles. The maximum Gasteiger partial charge on any atom is 0.248 e. The van der Waals surface area contributed by atoms with E-state index in [-0.39, 0.29) is 23.3 Å². The van der Waals surface area contributed by atoms with Crippen LogP contribution in [-0.4, -0.2) is 34.8 Å². The van der Waals surface area contributed by atoms with Crippen LogP contribution in [0.4, 0.5) is 0 Å². The Morgan fingerprint density at radius 2 is 1.80 bits per heavy atom. The number of carbonyl (C=O) groups is 2. The lowest BCUT2D eigenvalue weighted by Gasteiger charge is -2.46. The molecule has 0 bridgehead atoms. The third kappa shape index (κ3) is 2.57. The fraction of sp³-hybridized carbons (Fsp3) is 0.875. The highest BCUT2D eigenvalue weighted by Crippen LogP contribution is 2.42. The second kappa shape index (κ2) is 5.38. The summed E-state index contributed by atoms with van der Waals surface area (Å²) in [4.78, 5) is 26.8. The van der Waals surface area contributed by atoms with Gasteiger partial charge in [-0.15, -0.1) is 0 Å². The summed E-state index contributed by atoms with van der Waals surface area (Å²) in [6.45, 7) is 8.55. The van der Waals surface area contributed by atoms with Gasteiger partial charge in [-0.25, -0.2) is 0 Å². The van der Waals surface area contributed by atoms with Crippen molar-refractivity contribution >= 4 is 11.8 Å². The minimum atomic E-state index is -0.768. The van der Waals surface area contributed by atoms with E-state index < -0.39 is 5.54 Å². The van der Waals surface area contributed by atoms with E-state index in [1.165, 1.54) is 25.7 Å². The van der Waals surface area contributed by atoms with Gasteiger partial charge in [0.25, 0.3) is 0 Å². The zero-order valence-corrected chi connectivity index (χ0v) is 13.3. The summed E-state index contributed by atoms with van der Waals surface area (Å²) in [5.41, 5.74) is -0.535. The molecular weight excluding hydrogens is 252 g/mol. The third-order valence-corrected chi connectivity index (χ3v) is 5.22. The lowest BCUT2D eigenvalue weighted by atomic mass is 9.81. The first-order valence-corrected chi connectivity index (χ1v) is 7.98. The number of amides is 2. The number of nitrogens with one attached hydrogen (secondary N) is 1. The van der Waals surface area contributed by atoms with E-state index in [0.717, 1.165) is 13.0 Å². The van der Waals surface area contributed by atoms with Gasteiger partial charge in [0.05, 0.1) is 0 Å². The number of hydrogen-bond acceptors (Lipinski definition) is 2. The molecule has 4 nitrogen and oxygen atoms in total. The second-order valence-corrected chi connectivity index (χ2v) is 7.03. The molecule has 1 N–H and O–H groups in total. The second-order valence-electron chi connectivity index (χ2n) is 7.03. The number of carbonyl (C=O) groups excluding carboxylic acids is 2. The van der Waals surface area contributed by atoms with Gasteiger partial charge in [0.2, 0.25) is 11.8 Å². The lowest BCUT2D eigenvalue weighted by Crippen LogP contribution is -2.69. The number of rotatable bonds is 4. The Morgan fingerprint density at radius 1 is 1.20 bits per heavy atom. The molecule has 0 aromatic carbocycles.